The van der Waals surface area contributed by atoms with Gasteiger partial charge in [-0.05, 0) is 19.3 Å². The molecule has 1 rings (SSSR count). The summed E-state index contributed by atoms with van der Waals surface area (Å²) < 4.78 is 0. The summed E-state index contributed by atoms with van der Waals surface area (Å²) in [5.74, 6) is 0.236. The summed E-state index contributed by atoms with van der Waals surface area (Å²) in [6, 6.07) is 0. The van der Waals surface area contributed by atoms with Crippen LogP contribution in [0.2, 0.25) is 0 Å². The number of carbonyl (C=O) groups is 2. The third kappa shape index (κ3) is 13.5. The van der Waals surface area contributed by atoms with Crippen molar-refractivity contribution in [2.45, 2.75) is 147 Å². The van der Waals surface area contributed by atoms with Crippen molar-refractivity contribution in [3.63, 3.8) is 0 Å². The maximum atomic E-state index is 12.1. The Morgan fingerprint density at radius 3 is 1.75 bits per heavy atom. The second-order valence-corrected chi connectivity index (χ2v) is 9.21. The first-order chi connectivity index (χ1) is 13.6. The van der Waals surface area contributed by atoms with Crippen LogP contribution in [0.1, 0.15) is 142 Å². The Hall–Kier alpha value is -0.700. The molecule has 28 heavy (non-hydrogen) atoms. The Balaban J connectivity index is 1.84. The minimum Gasteiger partial charge on any atom is -0.389 e. The Morgan fingerprint density at radius 1 is 0.821 bits per heavy atom. The van der Waals surface area contributed by atoms with E-state index in [1.165, 1.54) is 83.5 Å². The van der Waals surface area contributed by atoms with E-state index in [-0.39, 0.29) is 24.4 Å². The summed E-state index contributed by atoms with van der Waals surface area (Å²) in [4.78, 5) is 23.6. The van der Waals surface area contributed by atoms with Crippen LogP contribution in [0.15, 0.2) is 0 Å². The van der Waals surface area contributed by atoms with E-state index >= 15 is 0 Å². The summed E-state index contributed by atoms with van der Waals surface area (Å²) in [5.41, 5.74) is -1.04. The van der Waals surface area contributed by atoms with Crippen LogP contribution in [0.5, 0.6) is 0 Å². The average Bonchev–Trinajstić information content (AvgIpc) is 2.64. The minimum atomic E-state index is -1.04. The number of carbonyl (C=O) groups excluding carboxylic acids is 2. The molecule has 164 valence electrons. The zero-order chi connectivity index (χ0) is 20.5. The molecule has 1 saturated carbocycles. The van der Waals surface area contributed by atoms with Crippen LogP contribution in [0.3, 0.4) is 0 Å². The first-order valence-corrected chi connectivity index (χ1v) is 12.3. The Labute approximate surface area is 174 Å². The van der Waals surface area contributed by atoms with Crippen LogP contribution < -0.4 is 0 Å². The first-order valence-electron chi connectivity index (χ1n) is 12.3. The monoisotopic (exact) mass is 394 g/mol. The van der Waals surface area contributed by atoms with E-state index in [4.69, 9.17) is 0 Å². The van der Waals surface area contributed by atoms with Crippen molar-refractivity contribution in [3.8, 4) is 0 Å². The lowest BCUT2D eigenvalue weighted by Gasteiger charge is -2.30. The van der Waals surface area contributed by atoms with Crippen molar-refractivity contribution in [2.75, 3.05) is 0 Å². The van der Waals surface area contributed by atoms with Crippen LogP contribution >= 0.6 is 0 Å². The molecule has 1 N–H and O–H groups in total. The quantitative estimate of drug-likeness (QED) is 0.253. The Bertz CT molecular complexity index is 418. The van der Waals surface area contributed by atoms with Crippen molar-refractivity contribution in [1.29, 1.82) is 0 Å². The highest BCUT2D eigenvalue weighted by atomic mass is 16.3. The average molecular weight is 395 g/mol. The van der Waals surface area contributed by atoms with E-state index in [0.717, 1.165) is 19.3 Å². The number of hydrogen-bond donors (Lipinski definition) is 1. The highest BCUT2D eigenvalue weighted by Crippen LogP contribution is 2.29. The maximum absolute atomic E-state index is 12.1. The van der Waals surface area contributed by atoms with E-state index in [1.54, 1.807) is 0 Å². The highest BCUT2D eigenvalue weighted by molar-refractivity contribution is 5.84. The normalized spacial score (nSPS) is 19.9. The van der Waals surface area contributed by atoms with E-state index in [2.05, 4.69) is 6.92 Å². The molecule has 0 aromatic carbocycles. The predicted octanol–water partition coefficient (Wildman–Crippen LogP) is 7.08. The van der Waals surface area contributed by atoms with Gasteiger partial charge in [0.05, 0.1) is 5.60 Å². The zero-order valence-corrected chi connectivity index (χ0v) is 18.6. The SMILES string of the molecule is CCCCCCCCCCCCCCCCCC(=O)C[C@]1(O)CCCC(=O)C1. The minimum absolute atomic E-state index is 0.105. The van der Waals surface area contributed by atoms with Crippen molar-refractivity contribution in [1.82, 2.24) is 0 Å². The fourth-order valence-electron chi connectivity index (χ4n) is 4.46. The summed E-state index contributed by atoms with van der Waals surface area (Å²) in [5, 5.41) is 10.4. The van der Waals surface area contributed by atoms with E-state index in [1.807, 2.05) is 0 Å². The van der Waals surface area contributed by atoms with Crippen LogP contribution in [0.25, 0.3) is 0 Å². The lowest BCUT2D eigenvalue weighted by atomic mass is 9.80. The van der Waals surface area contributed by atoms with Crippen molar-refractivity contribution in [2.24, 2.45) is 0 Å². The lowest BCUT2D eigenvalue weighted by molar-refractivity contribution is -0.133. The molecule has 0 amide bonds. The zero-order valence-electron chi connectivity index (χ0n) is 18.6. The second-order valence-electron chi connectivity index (χ2n) is 9.21. The number of ketones is 2. The van der Waals surface area contributed by atoms with Gasteiger partial charge in [-0.2, -0.15) is 0 Å². The molecule has 0 saturated heterocycles. The number of Topliss-reactive ketones (excluding diaryl/α,β-unsaturated/α-hetero) is 2. The first kappa shape index (κ1) is 25.3. The Kier molecular flexibility index (Phi) is 14.6. The summed E-state index contributed by atoms with van der Waals surface area (Å²) in [7, 11) is 0. The van der Waals surface area contributed by atoms with Gasteiger partial charge in [0, 0.05) is 25.7 Å². The fourth-order valence-corrected chi connectivity index (χ4v) is 4.46. The van der Waals surface area contributed by atoms with E-state index < -0.39 is 5.60 Å². The van der Waals surface area contributed by atoms with Gasteiger partial charge in [0.25, 0.3) is 0 Å². The van der Waals surface area contributed by atoms with Crippen molar-refractivity contribution < 1.29 is 14.7 Å². The lowest BCUT2D eigenvalue weighted by Crippen LogP contribution is -2.37. The van der Waals surface area contributed by atoms with Gasteiger partial charge in [0.1, 0.15) is 11.6 Å². The standard InChI is InChI=1S/C25H46O3/c1-2-3-4-5-6-7-8-9-10-11-12-13-14-15-16-18-23(26)21-25(28)20-17-19-24(27)22-25/h28H,2-22H2,1H3/t25-/m1/s1. The fraction of sp³-hybridized carbons (Fsp3) is 0.920. The van der Waals surface area contributed by atoms with E-state index in [0.29, 0.717) is 19.3 Å². The number of rotatable bonds is 18. The summed E-state index contributed by atoms with van der Waals surface area (Å²) >= 11 is 0. The summed E-state index contributed by atoms with van der Waals surface area (Å²) in [6.45, 7) is 2.27. The predicted molar refractivity (Wildman–Crippen MR) is 118 cm³/mol. The molecule has 0 heterocycles. The van der Waals surface area contributed by atoms with Crippen LogP contribution in [0, 0.1) is 0 Å². The molecule has 1 aliphatic carbocycles. The maximum Gasteiger partial charge on any atom is 0.135 e. The van der Waals surface area contributed by atoms with Crippen LogP contribution in [0.4, 0.5) is 0 Å². The Morgan fingerprint density at radius 2 is 1.29 bits per heavy atom. The molecule has 1 fully saturated rings. The second kappa shape index (κ2) is 16.1. The molecule has 1 aliphatic rings. The van der Waals surface area contributed by atoms with Gasteiger partial charge in [0.2, 0.25) is 0 Å². The number of aliphatic hydroxyl groups is 1. The van der Waals surface area contributed by atoms with Gasteiger partial charge in [-0.3, -0.25) is 9.59 Å². The van der Waals surface area contributed by atoms with Gasteiger partial charge in [-0.1, -0.05) is 96.8 Å². The molecule has 3 nitrogen and oxygen atoms in total. The molecule has 3 heteroatoms. The molecule has 0 spiro atoms. The topological polar surface area (TPSA) is 54.4 Å². The van der Waals surface area contributed by atoms with Gasteiger partial charge >= 0.3 is 0 Å². The molecule has 0 unspecified atom stereocenters. The molecule has 0 radical (unpaired) electrons. The van der Waals surface area contributed by atoms with Gasteiger partial charge < -0.3 is 5.11 Å². The summed E-state index contributed by atoms with van der Waals surface area (Å²) in [6.07, 6.45) is 22.6. The van der Waals surface area contributed by atoms with Gasteiger partial charge in [-0.25, -0.2) is 0 Å². The molecule has 1 atom stereocenters. The van der Waals surface area contributed by atoms with Crippen molar-refractivity contribution >= 4 is 11.6 Å². The third-order valence-corrected chi connectivity index (χ3v) is 6.21. The smallest absolute Gasteiger partial charge is 0.135 e. The molecule has 0 bridgehead atoms. The molecule has 0 aromatic rings. The molecule has 0 aromatic heterocycles. The van der Waals surface area contributed by atoms with Crippen molar-refractivity contribution in [3.05, 3.63) is 0 Å². The van der Waals surface area contributed by atoms with Crippen LogP contribution in [-0.2, 0) is 9.59 Å². The number of hydrogen-bond acceptors (Lipinski definition) is 3. The molecular weight excluding hydrogens is 348 g/mol. The van der Waals surface area contributed by atoms with Crippen LogP contribution in [-0.4, -0.2) is 22.3 Å². The highest BCUT2D eigenvalue weighted by Gasteiger charge is 2.35. The number of unbranched alkanes of at least 4 members (excludes halogenated alkanes) is 14. The molecular formula is C25H46O3. The third-order valence-electron chi connectivity index (χ3n) is 6.21. The largest absolute Gasteiger partial charge is 0.389 e. The van der Waals surface area contributed by atoms with E-state index in [9.17, 15) is 14.7 Å². The molecule has 0 aliphatic heterocycles. The van der Waals surface area contributed by atoms with Gasteiger partial charge in [0.15, 0.2) is 0 Å². The van der Waals surface area contributed by atoms with Gasteiger partial charge in [-0.15, -0.1) is 0 Å².